The minimum atomic E-state index is -0.294. The van der Waals surface area contributed by atoms with Crippen molar-refractivity contribution in [2.24, 2.45) is 13.0 Å². The van der Waals surface area contributed by atoms with Gasteiger partial charge < -0.3 is 9.94 Å². The van der Waals surface area contributed by atoms with Crippen LogP contribution in [0.4, 0.5) is 0 Å². The largest absolute Gasteiger partial charge is 0.595 e. The number of cyclic esters (lactones) is 1. The highest BCUT2D eigenvalue weighted by Gasteiger charge is 2.29. The molecule has 0 radical (unpaired) electrons. The van der Waals surface area contributed by atoms with Crippen LogP contribution < -0.4 is 4.85 Å². The first kappa shape index (κ1) is 11.8. The summed E-state index contributed by atoms with van der Waals surface area (Å²) >= 11 is 0. The Bertz CT molecular complexity index is 700. The molecule has 19 heavy (non-hydrogen) atoms. The monoisotopic (exact) mass is 258 g/mol. The SMILES string of the molecule is CC1C=C(c2c3ccccc3n(C)[n+]2[O-])OC(=O)C1. The Labute approximate surface area is 110 Å². The highest BCUT2D eigenvalue weighted by molar-refractivity contribution is 5.91. The molecule has 0 N–H and O–H groups in total. The van der Waals surface area contributed by atoms with Crippen LogP contribution in [-0.2, 0) is 16.6 Å². The highest BCUT2D eigenvalue weighted by atomic mass is 16.5. The number of fused-ring (bicyclic) bond motifs is 1. The van der Waals surface area contributed by atoms with Crippen molar-refractivity contribution in [3.05, 3.63) is 41.2 Å². The molecule has 0 aliphatic carbocycles. The first-order valence-corrected chi connectivity index (χ1v) is 6.18. The van der Waals surface area contributed by atoms with Gasteiger partial charge in [0, 0.05) is 0 Å². The lowest BCUT2D eigenvalue weighted by Gasteiger charge is -2.15. The van der Waals surface area contributed by atoms with Crippen molar-refractivity contribution in [3.8, 4) is 0 Å². The fourth-order valence-corrected chi connectivity index (χ4v) is 2.44. The van der Waals surface area contributed by atoms with E-state index >= 15 is 0 Å². The number of benzene rings is 1. The molecule has 1 aliphatic rings. The van der Waals surface area contributed by atoms with E-state index in [-0.39, 0.29) is 11.9 Å². The molecule has 1 aliphatic heterocycles. The predicted octanol–water partition coefficient (Wildman–Crippen LogP) is 1.74. The van der Waals surface area contributed by atoms with Crippen molar-refractivity contribution in [1.29, 1.82) is 0 Å². The van der Waals surface area contributed by atoms with E-state index in [1.165, 1.54) is 4.68 Å². The third-order valence-electron chi connectivity index (χ3n) is 3.35. The van der Waals surface area contributed by atoms with Crippen LogP contribution in [-0.4, -0.2) is 10.7 Å². The maximum atomic E-state index is 12.2. The number of carbonyl (C=O) groups excluding carboxylic acids is 1. The number of hydrogen-bond acceptors (Lipinski definition) is 3. The Kier molecular flexibility index (Phi) is 2.55. The lowest BCUT2D eigenvalue weighted by molar-refractivity contribution is -0.691. The van der Waals surface area contributed by atoms with Crippen molar-refractivity contribution in [2.75, 3.05) is 0 Å². The number of esters is 1. The van der Waals surface area contributed by atoms with Crippen molar-refractivity contribution < 1.29 is 14.4 Å². The van der Waals surface area contributed by atoms with Crippen molar-refractivity contribution in [2.45, 2.75) is 13.3 Å². The molecular weight excluding hydrogens is 244 g/mol. The lowest BCUT2D eigenvalue weighted by atomic mass is 10.0. The second kappa shape index (κ2) is 4.12. The van der Waals surface area contributed by atoms with E-state index in [1.807, 2.05) is 37.3 Å². The maximum absolute atomic E-state index is 12.2. The molecule has 0 amide bonds. The molecule has 5 heteroatoms. The molecule has 5 nitrogen and oxygen atoms in total. The van der Waals surface area contributed by atoms with E-state index in [0.29, 0.717) is 17.9 Å². The van der Waals surface area contributed by atoms with Crippen molar-refractivity contribution >= 4 is 22.6 Å². The molecular formula is C14H14N2O3. The van der Waals surface area contributed by atoms with E-state index < -0.39 is 0 Å². The number of carbonyl (C=O) groups is 1. The molecule has 1 aromatic carbocycles. The van der Waals surface area contributed by atoms with Gasteiger partial charge in [0.1, 0.15) is 5.52 Å². The number of hydrogen-bond donors (Lipinski definition) is 0. The Morgan fingerprint density at radius 1 is 1.42 bits per heavy atom. The third kappa shape index (κ3) is 1.78. The molecule has 3 rings (SSSR count). The molecule has 0 saturated heterocycles. The molecule has 1 atom stereocenters. The summed E-state index contributed by atoms with van der Waals surface area (Å²) in [5.74, 6) is 0.142. The molecule has 2 aromatic rings. The molecule has 0 spiro atoms. The van der Waals surface area contributed by atoms with Gasteiger partial charge in [-0.2, -0.15) is 0 Å². The van der Waals surface area contributed by atoms with E-state index in [1.54, 1.807) is 7.05 Å². The van der Waals surface area contributed by atoms with Gasteiger partial charge in [-0.05, 0) is 24.1 Å². The van der Waals surface area contributed by atoms with Gasteiger partial charge in [0.05, 0.1) is 18.9 Å². The van der Waals surface area contributed by atoms with Crippen LogP contribution in [0.3, 0.4) is 0 Å². The Hall–Kier alpha value is -2.30. The predicted molar refractivity (Wildman–Crippen MR) is 69.7 cm³/mol. The van der Waals surface area contributed by atoms with Gasteiger partial charge in [0.2, 0.25) is 5.76 Å². The van der Waals surface area contributed by atoms with Crippen molar-refractivity contribution in [3.63, 3.8) is 0 Å². The quantitative estimate of drug-likeness (QED) is 0.444. The fourth-order valence-electron chi connectivity index (χ4n) is 2.44. The van der Waals surface area contributed by atoms with E-state index in [9.17, 15) is 10.0 Å². The van der Waals surface area contributed by atoms with Crippen LogP contribution in [0.25, 0.3) is 16.7 Å². The van der Waals surface area contributed by atoms with Gasteiger partial charge in [-0.25, -0.2) is 0 Å². The first-order chi connectivity index (χ1) is 9.08. The van der Waals surface area contributed by atoms with Gasteiger partial charge >= 0.3 is 5.97 Å². The summed E-state index contributed by atoms with van der Waals surface area (Å²) in [6, 6.07) is 7.45. The number of ether oxygens (including phenoxy) is 1. The molecule has 98 valence electrons. The van der Waals surface area contributed by atoms with Gasteiger partial charge in [0.15, 0.2) is 0 Å². The standard InChI is InChI=1S/C14H14N2O3/c1-9-7-12(19-13(17)8-9)14-10-5-3-4-6-11(10)15(2)16(14)18/h3-7,9H,8H2,1-2H3. The summed E-state index contributed by atoms with van der Waals surface area (Å²) in [5, 5.41) is 13.0. The summed E-state index contributed by atoms with van der Waals surface area (Å²) in [6.07, 6.45) is 2.19. The number of allylic oxidation sites excluding steroid dienone is 1. The highest BCUT2D eigenvalue weighted by Crippen LogP contribution is 2.28. The van der Waals surface area contributed by atoms with Gasteiger partial charge in [-0.3, -0.25) is 4.79 Å². The lowest BCUT2D eigenvalue weighted by Crippen LogP contribution is -2.39. The van der Waals surface area contributed by atoms with Gasteiger partial charge in [0.25, 0.3) is 5.69 Å². The van der Waals surface area contributed by atoms with E-state index in [2.05, 4.69) is 0 Å². The topological polar surface area (TPSA) is 58.2 Å². The Morgan fingerprint density at radius 3 is 2.89 bits per heavy atom. The van der Waals surface area contributed by atoms with Gasteiger partial charge in [-0.1, -0.05) is 23.9 Å². The van der Waals surface area contributed by atoms with Crippen LogP contribution in [0.2, 0.25) is 0 Å². The van der Waals surface area contributed by atoms with Crippen LogP contribution in [0.15, 0.2) is 30.3 Å². The number of nitrogens with zero attached hydrogens (tertiary/aromatic N) is 2. The zero-order valence-electron chi connectivity index (χ0n) is 10.8. The van der Waals surface area contributed by atoms with Crippen molar-refractivity contribution in [1.82, 2.24) is 4.68 Å². The summed E-state index contributed by atoms with van der Waals surface area (Å²) in [4.78, 5) is 12.3. The molecule has 2 heterocycles. The maximum Gasteiger partial charge on any atom is 0.312 e. The fraction of sp³-hybridized carbons (Fsp3) is 0.286. The van der Waals surface area contributed by atoms with E-state index in [0.717, 1.165) is 15.7 Å². The zero-order valence-corrected chi connectivity index (χ0v) is 10.8. The second-order valence-electron chi connectivity index (χ2n) is 4.85. The molecule has 0 bridgehead atoms. The van der Waals surface area contributed by atoms with Crippen LogP contribution in [0.5, 0.6) is 0 Å². The normalized spacial score (nSPS) is 19.4. The average Bonchev–Trinajstić information content (AvgIpc) is 2.61. The smallest absolute Gasteiger partial charge is 0.312 e. The summed E-state index contributed by atoms with van der Waals surface area (Å²) in [6.45, 7) is 1.93. The molecule has 1 unspecified atom stereocenters. The van der Waals surface area contributed by atoms with Crippen LogP contribution >= 0.6 is 0 Å². The number of aryl methyl sites for hydroxylation is 1. The minimum Gasteiger partial charge on any atom is -0.595 e. The summed E-state index contributed by atoms with van der Waals surface area (Å²) < 4.78 is 6.73. The Morgan fingerprint density at radius 2 is 2.16 bits per heavy atom. The Balaban J connectivity index is 2.26. The summed E-state index contributed by atoms with van der Waals surface area (Å²) in [5.41, 5.74) is 1.21. The van der Waals surface area contributed by atoms with Gasteiger partial charge in [-0.15, -0.1) is 4.68 Å². The number of para-hydroxylation sites is 1. The molecule has 0 saturated carbocycles. The third-order valence-corrected chi connectivity index (χ3v) is 3.35. The van der Waals surface area contributed by atoms with Crippen LogP contribution in [0, 0.1) is 11.1 Å². The summed E-state index contributed by atoms with van der Waals surface area (Å²) in [7, 11) is 1.69. The van der Waals surface area contributed by atoms with E-state index in [4.69, 9.17) is 4.74 Å². The minimum absolute atomic E-state index is 0.0789. The first-order valence-electron chi connectivity index (χ1n) is 6.18. The van der Waals surface area contributed by atoms with Crippen LogP contribution in [0.1, 0.15) is 19.0 Å². The average molecular weight is 258 g/mol. The molecule has 0 fully saturated rings. The number of aromatic nitrogens is 2. The number of rotatable bonds is 1. The second-order valence-corrected chi connectivity index (χ2v) is 4.85. The zero-order chi connectivity index (χ0) is 13.6. The molecule has 1 aromatic heterocycles.